The van der Waals surface area contributed by atoms with Crippen molar-refractivity contribution in [3.63, 3.8) is 0 Å². The summed E-state index contributed by atoms with van der Waals surface area (Å²) in [6, 6.07) is 19.1. The molecule has 3 aromatic rings. The third-order valence-electron chi connectivity index (χ3n) is 4.03. The number of carbonyl (C=O) groups is 1. The predicted octanol–water partition coefficient (Wildman–Crippen LogP) is 5.42. The summed E-state index contributed by atoms with van der Waals surface area (Å²) in [5.74, 6) is 0.449. The molecule has 6 nitrogen and oxygen atoms in total. The normalized spacial score (nSPS) is 9.97. The van der Waals surface area contributed by atoms with Crippen LogP contribution in [0.2, 0.25) is 0 Å². The van der Waals surface area contributed by atoms with Gasteiger partial charge in [-0.1, -0.05) is 35.9 Å². The molecule has 144 valence electrons. The Balaban J connectivity index is 1.92. The summed E-state index contributed by atoms with van der Waals surface area (Å²) in [5.41, 5.74) is 1.73. The number of pyridine rings is 1. The van der Waals surface area contributed by atoms with Crippen molar-refractivity contribution in [1.29, 1.82) is 5.26 Å². The molecule has 3 rings (SSSR count). The van der Waals surface area contributed by atoms with Gasteiger partial charge in [-0.05, 0) is 38.1 Å². The number of benzene rings is 2. The highest BCUT2D eigenvalue weighted by atomic mass is 16.5. The molecule has 1 aromatic heterocycles. The first kappa shape index (κ1) is 19.6. The number of ether oxygens (including phenoxy) is 2. The van der Waals surface area contributed by atoms with Crippen molar-refractivity contribution in [3.05, 3.63) is 83.6 Å². The van der Waals surface area contributed by atoms with Crippen LogP contribution in [0.1, 0.15) is 25.0 Å². The molecule has 1 heterocycles. The van der Waals surface area contributed by atoms with E-state index in [0.29, 0.717) is 33.9 Å². The second-order valence-corrected chi connectivity index (χ2v) is 6.32. The van der Waals surface area contributed by atoms with E-state index in [-0.39, 0.29) is 11.5 Å². The molecule has 0 aliphatic carbocycles. The van der Waals surface area contributed by atoms with Crippen LogP contribution in [0, 0.1) is 11.3 Å². The Bertz CT molecular complexity index is 1130. The molecule has 0 amide bonds. The van der Waals surface area contributed by atoms with Crippen LogP contribution in [0.5, 0.6) is 23.1 Å². The minimum atomic E-state index is -1.02. The van der Waals surface area contributed by atoms with Crippen LogP contribution in [0.25, 0.3) is 5.57 Å². The lowest BCUT2D eigenvalue weighted by Gasteiger charge is -2.13. The first-order valence-corrected chi connectivity index (χ1v) is 8.80. The molecule has 0 saturated carbocycles. The molecule has 0 atom stereocenters. The van der Waals surface area contributed by atoms with E-state index in [4.69, 9.17) is 9.47 Å². The minimum absolute atomic E-state index is 0.189. The van der Waals surface area contributed by atoms with Gasteiger partial charge in [0.25, 0.3) is 0 Å². The van der Waals surface area contributed by atoms with Crippen LogP contribution in [-0.2, 0) is 4.79 Å². The standard InChI is InChI=1S/C23H18N2O4/c1-15(2)22(23(26)27)18-8-4-6-10-20(18)28-17-11-12-25-21(13-17)29-19-9-5-3-7-16(19)14-24/h3-13H,1-2H3,(H,26,27). The number of carboxylic acid groups (broad SMARTS) is 1. The zero-order chi connectivity index (χ0) is 20.8. The van der Waals surface area contributed by atoms with Gasteiger partial charge in [-0.3, -0.25) is 0 Å². The zero-order valence-corrected chi connectivity index (χ0v) is 15.9. The molecule has 1 N–H and O–H groups in total. The minimum Gasteiger partial charge on any atom is -0.478 e. The fourth-order valence-corrected chi connectivity index (χ4v) is 2.76. The number of para-hydroxylation sites is 2. The van der Waals surface area contributed by atoms with Crippen LogP contribution >= 0.6 is 0 Å². The van der Waals surface area contributed by atoms with Crippen LogP contribution in [0.3, 0.4) is 0 Å². The molecule has 0 unspecified atom stereocenters. The van der Waals surface area contributed by atoms with Crippen LogP contribution in [-0.4, -0.2) is 16.1 Å². The van der Waals surface area contributed by atoms with Gasteiger partial charge in [-0.2, -0.15) is 5.26 Å². The number of aliphatic carboxylic acids is 1. The highest BCUT2D eigenvalue weighted by molar-refractivity contribution is 6.17. The van der Waals surface area contributed by atoms with Crippen LogP contribution in [0.15, 0.2) is 72.4 Å². The van der Waals surface area contributed by atoms with E-state index in [1.54, 1.807) is 74.5 Å². The number of rotatable bonds is 6. The molecule has 0 fully saturated rings. The van der Waals surface area contributed by atoms with Crippen molar-refractivity contribution < 1.29 is 19.4 Å². The molecule has 0 aliphatic rings. The largest absolute Gasteiger partial charge is 0.478 e. The van der Waals surface area contributed by atoms with E-state index >= 15 is 0 Å². The average molecular weight is 386 g/mol. The Hall–Kier alpha value is -4.11. The van der Waals surface area contributed by atoms with Crippen molar-refractivity contribution in [1.82, 2.24) is 4.98 Å². The molecule has 0 aliphatic heterocycles. The number of nitriles is 1. The van der Waals surface area contributed by atoms with Gasteiger partial charge in [-0.15, -0.1) is 0 Å². The summed E-state index contributed by atoms with van der Waals surface area (Å²) in [7, 11) is 0. The van der Waals surface area contributed by atoms with Crippen LogP contribution in [0.4, 0.5) is 0 Å². The lowest BCUT2D eigenvalue weighted by atomic mass is 10.0. The smallest absolute Gasteiger partial charge is 0.336 e. The molecule has 0 radical (unpaired) electrons. The topological polar surface area (TPSA) is 92.4 Å². The maximum Gasteiger partial charge on any atom is 0.336 e. The molecular formula is C23H18N2O4. The van der Waals surface area contributed by atoms with Crippen molar-refractivity contribution in [2.45, 2.75) is 13.8 Å². The van der Waals surface area contributed by atoms with E-state index < -0.39 is 5.97 Å². The third-order valence-corrected chi connectivity index (χ3v) is 4.03. The van der Waals surface area contributed by atoms with Crippen molar-refractivity contribution in [3.8, 4) is 29.2 Å². The van der Waals surface area contributed by atoms with E-state index in [0.717, 1.165) is 0 Å². The van der Waals surface area contributed by atoms with Crippen molar-refractivity contribution >= 4 is 11.5 Å². The summed E-state index contributed by atoms with van der Waals surface area (Å²) in [6.45, 7) is 3.48. The lowest BCUT2D eigenvalue weighted by Crippen LogP contribution is -2.03. The third kappa shape index (κ3) is 4.60. The maximum absolute atomic E-state index is 11.7. The van der Waals surface area contributed by atoms with Gasteiger partial charge in [0, 0.05) is 17.8 Å². The summed E-state index contributed by atoms with van der Waals surface area (Å²) < 4.78 is 11.7. The summed E-state index contributed by atoms with van der Waals surface area (Å²) in [5, 5.41) is 18.8. The molecule has 29 heavy (non-hydrogen) atoms. The second-order valence-electron chi connectivity index (χ2n) is 6.32. The second kappa shape index (κ2) is 8.72. The molecule has 2 aromatic carbocycles. The average Bonchev–Trinajstić information content (AvgIpc) is 2.69. The molecule has 0 bridgehead atoms. The number of carboxylic acids is 1. The number of nitrogens with zero attached hydrogens (tertiary/aromatic N) is 2. The molecule has 0 spiro atoms. The molecule has 0 saturated heterocycles. The maximum atomic E-state index is 11.7. The number of hydrogen-bond acceptors (Lipinski definition) is 5. The van der Waals surface area contributed by atoms with Crippen molar-refractivity contribution in [2.75, 3.05) is 0 Å². The zero-order valence-electron chi connectivity index (χ0n) is 15.9. The number of aromatic nitrogens is 1. The fraction of sp³-hybridized carbons (Fsp3) is 0.0870. The first-order chi connectivity index (χ1) is 14.0. The van der Waals surface area contributed by atoms with E-state index in [1.165, 1.54) is 6.20 Å². The van der Waals surface area contributed by atoms with E-state index in [1.807, 2.05) is 0 Å². The Kier molecular flexibility index (Phi) is 5.91. The highest BCUT2D eigenvalue weighted by Gasteiger charge is 2.17. The Labute approximate surface area is 168 Å². The van der Waals surface area contributed by atoms with Gasteiger partial charge in [0.2, 0.25) is 5.88 Å². The van der Waals surface area contributed by atoms with Gasteiger partial charge >= 0.3 is 5.97 Å². The summed E-state index contributed by atoms with van der Waals surface area (Å²) in [4.78, 5) is 15.8. The quantitative estimate of drug-likeness (QED) is 0.569. The van der Waals surface area contributed by atoms with Gasteiger partial charge in [-0.25, -0.2) is 9.78 Å². The Morgan fingerprint density at radius 1 is 1.00 bits per heavy atom. The molecular weight excluding hydrogens is 368 g/mol. The number of hydrogen-bond donors (Lipinski definition) is 1. The predicted molar refractivity (Wildman–Crippen MR) is 108 cm³/mol. The van der Waals surface area contributed by atoms with E-state index in [2.05, 4.69) is 11.1 Å². The first-order valence-electron chi connectivity index (χ1n) is 8.80. The monoisotopic (exact) mass is 386 g/mol. The van der Waals surface area contributed by atoms with Crippen molar-refractivity contribution in [2.24, 2.45) is 0 Å². The Morgan fingerprint density at radius 3 is 2.38 bits per heavy atom. The van der Waals surface area contributed by atoms with Crippen LogP contribution < -0.4 is 9.47 Å². The summed E-state index contributed by atoms with van der Waals surface area (Å²) >= 11 is 0. The Morgan fingerprint density at radius 2 is 1.69 bits per heavy atom. The molecule has 6 heteroatoms. The fourth-order valence-electron chi connectivity index (χ4n) is 2.76. The number of allylic oxidation sites excluding steroid dienone is 1. The summed E-state index contributed by atoms with van der Waals surface area (Å²) in [6.07, 6.45) is 1.52. The van der Waals surface area contributed by atoms with E-state index in [9.17, 15) is 15.2 Å². The van der Waals surface area contributed by atoms with Gasteiger partial charge < -0.3 is 14.6 Å². The van der Waals surface area contributed by atoms with Gasteiger partial charge in [0.15, 0.2) is 0 Å². The highest BCUT2D eigenvalue weighted by Crippen LogP contribution is 2.33. The lowest BCUT2D eigenvalue weighted by molar-refractivity contribution is -0.130. The van der Waals surface area contributed by atoms with Gasteiger partial charge in [0.1, 0.15) is 23.3 Å². The SMILES string of the molecule is CC(C)=C(C(=O)O)c1ccccc1Oc1ccnc(Oc2ccccc2C#N)c1. The van der Waals surface area contributed by atoms with Gasteiger partial charge in [0.05, 0.1) is 11.1 Å².